The van der Waals surface area contributed by atoms with E-state index in [0.717, 1.165) is 12.5 Å². The van der Waals surface area contributed by atoms with Gasteiger partial charge in [0.2, 0.25) is 0 Å². The highest BCUT2D eigenvalue weighted by atomic mass is 28.3. The average Bonchev–Trinajstić information content (AvgIpc) is 2.54. The first-order chi connectivity index (χ1) is 9.83. The molecule has 20 heavy (non-hydrogen) atoms. The van der Waals surface area contributed by atoms with E-state index < -0.39 is 8.07 Å². The van der Waals surface area contributed by atoms with E-state index in [-0.39, 0.29) is 0 Å². The van der Waals surface area contributed by atoms with Crippen molar-refractivity contribution in [3.05, 3.63) is 79.0 Å². The number of benzene rings is 2. The van der Waals surface area contributed by atoms with Crippen LogP contribution in [0.2, 0.25) is 6.04 Å². The standard InChI is InChI=1S/C19H18Si/c1-3-5-12-17-20(4-2,18-13-8-6-9-14-18)19-15-10-7-11-16-19/h2,5-11,13-16H,1,12,17H2. The molecular weight excluding hydrogens is 256 g/mol. The van der Waals surface area contributed by atoms with Gasteiger partial charge in [-0.25, -0.2) is 0 Å². The second-order valence-electron chi connectivity index (χ2n) is 4.73. The first-order valence-corrected chi connectivity index (χ1v) is 8.97. The minimum Gasteiger partial charge on any atom is -0.133 e. The van der Waals surface area contributed by atoms with Crippen LogP contribution in [-0.2, 0) is 0 Å². The average molecular weight is 274 g/mol. The Labute approximate surface area is 122 Å². The Balaban J connectivity index is 2.52. The van der Waals surface area contributed by atoms with Gasteiger partial charge in [0.25, 0.3) is 0 Å². The normalized spacial score (nSPS) is 10.3. The fourth-order valence-corrected chi connectivity index (χ4v) is 6.02. The summed E-state index contributed by atoms with van der Waals surface area (Å²) < 4.78 is 0. The topological polar surface area (TPSA) is 0 Å². The first-order valence-electron chi connectivity index (χ1n) is 6.76. The lowest BCUT2D eigenvalue weighted by Gasteiger charge is -2.26. The predicted molar refractivity (Wildman–Crippen MR) is 89.9 cm³/mol. The molecule has 0 saturated carbocycles. The highest BCUT2D eigenvalue weighted by Crippen LogP contribution is 2.13. The summed E-state index contributed by atoms with van der Waals surface area (Å²) in [5.74, 6) is 0. The summed E-state index contributed by atoms with van der Waals surface area (Å²) in [5.41, 5.74) is 6.02. The molecule has 0 amide bonds. The van der Waals surface area contributed by atoms with Crippen LogP contribution in [0.3, 0.4) is 0 Å². The summed E-state index contributed by atoms with van der Waals surface area (Å²) in [4.78, 5) is 0. The maximum atomic E-state index is 6.02. The summed E-state index contributed by atoms with van der Waals surface area (Å²) in [6.45, 7) is 3.63. The van der Waals surface area contributed by atoms with Crippen molar-refractivity contribution < 1.29 is 0 Å². The van der Waals surface area contributed by atoms with Crippen molar-refractivity contribution in [3.63, 3.8) is 0 Å². The zero-order chi connectivity index (χ0) is 14.3. The maximum absolute atomic E-state index is 6.02. The third-order valence-corrected chi connectivity index (χ3v) is 7.76. The molecule has 0 radical (unpaired) electrons. The Morgan fingerprint density at radius 1 is 0.950 bits per heavy atom. The highest BCUT2D eigenvalue weighted by Gasteiger charge is 2.34. The van der Waals surface area contributed by atoms with Crippen molar-refractivity contribution in [2.24, 2.45) is 0 Å². The Bertz CT molecular complexity index is 589. The van der Waals surface area contributed by atoms with Crippen LogP contribution < -0.4 is 10.4 Å². The third-order valence-electron chi connectivity index (χ3n) is 3.59. The molecule has 2 aromatic carbocycles. The molecule has 2 rings (SSSR count). The lowest BCUT2D eigenvalue weighted by atomic mass is 10.4. The molecule has 0 aliphatic carbocycles. The van der Waals surface area contributed by atoms with E-state index in [1.807, 2.05) is 18.2 Å². The van der Waals surface area contributed by atoms with E-state index in [1.165, 1.54) is 10.4 Å². The molecule has 0 aromatic heterocycles. The van der Waals surface area contributed by atoms with Crippen LogP contribution in [0, 0.1) is 12.0 Å². The molecule has 0 spiro atoms. The summed E-state index contributed by atoms with van der Waals surface area (Å²) in [5, 5.41) is 2.59. The summed E-state index contributed by atoms with van der Waals surface area (Å²) in [6.07, 6.45) is 8.91. The van der Waals surface area contributed by atoms with E-state index in [9.17, 15) is 0 Å². The van der Waals surface area contributed by atoms with E-state index in [4.69, 9.17) is 6.42 Å². The molecular formula is C19H18Si. The van der Waals surface area contributed by atoms with Crippen molar-refractivity contribution in [3.8, 4) is 12.0 Å². The van der Waals surface area contributed by atoms with Crippen LogP contribution in [0.1, 0.15) is 6.42 Å². The van der Waals surface area contributed by atoms with Crippen LogP contribution in [0.15, 0.2) is 79.0 Å². The Morgan fingerprint density at radius 3 is 1.85 bits per heavy atom. The minimum atomic E-state index is -2.13. The number of rotatable bonds is 5. The van der Waals surface area contributed by atoms with Crippen molar-refractivity contribution in [1.82, 2.24) is 0 Å². The van der Waals surface area contributed by atoms with Crippen molar-refractivity contribution in [2.75, 3.05) is 0 Å². The van der Waals surface area contributed by atoms with E-state index in [0.29, 0.717) is 0 Å². The van der Waals surface area contributed by atoms with Gasteiger partial charge in [0.05, 0.1) is 0 Å². The Hall–Kier alpha value is -2.26. The monoisotopic (exact) mass is 274 g/mol. The zero-order valence-corrected chi connectivity index (χ0v) is 12.5. The van der Waals surface area contributed by atoms with Crippen LogP contribution in [0.25, 0.3) is 0 Å². The molecule has 98 valence electrons. The number of terminal acetylenes is 1. The molecule has 1 heteroatoms. The van der Waals surface area contributed by atoms with Gasteiger partial charge in [-0.3, -0.25) is 0 Å². The van der Waals surface area contributed by atoms with Gasteiger partial charge in [-0.15, -0.1) is 17.7 Å². The molecule has 0 N–H and O–H groups in total. The van der Waals surface area contributed by atoms with Gasteiger partial charge in [-0.1, -0.05) is 67.2 Å². The number of hydrogen-bond acceptors (Lipinski definition) is 0. The molecule has 0 aliphatic rings. The van der Waals surface area contributed by atoms with Crippen LogP contribution in [0.4, 0.5) is 0 Å². The van der Waals surface area contributed by atoms with Gasteiger partial charge < -0.3 is 0 Å². The Morgan fingerprint density at radius 2 is 1.45 bits per heavy atom. The second kappa shape index (κ2) is 6.77. The van der Waals surface area contributed by atoms with Crippen molar-refractivity contribution in [1.29, 1.82) is 0 Å². The summed E-state index contributed by atoms with van der Waals surface area (Å²) in [7, 11) is -2.13. The highest BCUT2D eigenvalue weighted by molar-refractivity contribution is 7.08. The van der Waals surface area contributed by atoms with Crippen LogP contribution >= 0.6 is 0 Å². The van der Waals surface area contributed by atoms with Crippen LogP contribution in [0.5, 0.6) is 0 Å². The fourth-order valence-electron chi connectivity index (χ4n) is 2.53. The largest absolute Gasteiger partial charge is 0.199 e. The third kappa shape index (κ3) is 2.83. The van der Waals surface area contributed by atoms with Gasteiger partial charge in [-0.2, -0.15) is 0 Å². The molecule has 0 unspecified atom stereocenters. The molecule has 2 aromatic rings. The molecule has 0 saturated heterocycles. The second-order valence-corrected chi connectivity index (χ2v) is 8.48. The summed E-state index contributed by atoms with van der Waals surface area (Å²) >= 11 is 0. The zero-order valence-electron chi connectivity index (χ0n) is 11.5. The minimum absolute atomic E-state index is 0.920. The van der Waals surface area contributed by atoms with Crippen molar-refractivity contribution in [2.45, 2.75) is 12.5 Å². The van der Waals surface area contributed by atoms with Crippen molar-refractivity contribution >= 4 is 18.4 Å². The number of allylic oxidation sites excluding steroid dienone is 1. The molecule has 0 heterocycles. The maximum Gasteiger partial charge on any atom is 0.199 e. The van der Waals surface area contributed by atoms with Gasteiger partial charge in [-0.05, 0) is 28.9 Å². The fraction of sp³-hybridized carbons (Fsp3) is 0.105. The molecule has 0 fully saturated rings. The number of hydrogen-bond donors (Lipinski definition) is 0. The van der Waals surface area contributed by atoms with E-state index in [2.05, 4.69) is 66.4 Å². The van der Waals surface area contributed by atoms with Gasteiger partial charge >= 0.3 is 0 Å². The van der Waals surface area contributed by atoms with E-state index in [1.54, 1.807) is 0 Å². The smallest absolute Gasteiger partial charge is 0.133 e. The molecule has 0 aliphatic heterocycles. The van der Waals surface area contributed by atoms with Gasteiger partial charge in [0.15, 0.2) is 8.07 Å². The summed E-state index contributed by atoms with van der Waals surface area (Å²) in [6, 6.07) is 22.0. The molecule has 0 atom stereocenters. The van der Waals surface area contributed by atoms with E-state index >= 15 is 0 Å². The van der Waals surface area contributed by atoms with Gasteiger partial charge in [0.1, 0.15) is 0 Å². The predicted octanol–water partition coefficient (Wildman–Crippen LogP) is 3.15. The lowest BCUT2D eigenvalue weighted by molar-refractivity contribution is 1.19. The van der Waals surface area contributed by atoms with Crippen LogP contribution in [-0.4, -0.2) is 8.07 Å². The molecule has 0 bridgehead atoms. The molecule has 0 nitrogen and oxygen atoms in total. The quantitative estimate of drug-likeness (QED) is 0.446. The lowest BCUT2D eigenvalue weighted by Crippen LogP contribution is -2.57. The first kappa shape index (κ1) is 14.2. The SMILES string of the molecule is C#C[Si](CCC=C=C)(c1ccccc1)c1ccccc1. The Kier molecular flexibility index (Phi) is 4.79. The van der Waals surface area contributed by atoms with Gasteiger partial charge in [0, 0.05) is 0 Å².